The van der Waals surface area contributed by atoms with Crippen molar-refractivity contribution in [3.63, 3.8) is 0 Å². The van der Waals surface area contributed by atoms with Crippen LogP contribution in [0.1, 0.15) is 37.7 Å². The number of rotatable bonds is 2. The van der Waals surface area contributed by atoms with Crippen molar-refractivity contribution in [1.82, 2.24) is 4.90 Å². The summed E-state index contributed by atoms with van der Waals surface area (Å²) in [7, 11) is 0. The fourth-order valence-electron chi connectivity index (χ4n) is 3.00. The first-order valence-electron chi connectivity index (χ1n) is 7.09. The zero-order chi connectivity index (χ0) is 12.5. The zero-order valence-electron chi connectivity index (χ0n) is 11.0. The predicted octanol–water partition coefficient (Wildman–Crippen LogP) is 3.05. The van der Waals surface area contributed by atoms with Crippen molar-refractivity contribution in [2.45, 2.75) is 32.1 Å². The number of nitrogens with zero attached hydrogens (tertiary/aromatic N) is 1. The van der Waals surface area contributed by atoms with Crippen LogP contribution in [0.25, 0.3) is 0 Å². The smallest absolute Gasteiger partial charge is 0.226 e. The zero-order valence-corrected chi connectivity index (χ0v) is 11.0. The molecule has 1 aromatic carbocycles. The van der Waals surface area contributed by atoms with Gasteiger partial charge < -0.3 is 4.90 Å². The number of benzene rings is 1. The van der Waals surface area contributed by atoms with Crippen LogP contribution >= 0.6 is 0 Å². The molecule has 0 bridgehead atoms. The number of piperidine rings is 1. The van der Waals surface area contributed by atoms with E-state index >= 15 is 0 Å². The van der Waals surface area contributed by atoms with Crippen LogP contribution < -0.4 is 0 Å². The second-order valence-electron chi connectivity index (χ2n) is 5.87. The summed E-state index contributed by atoms with van der Waals surface area (Å²) in [5.74, 6) is 1.94. The SMILES string of the molecule is CC1CCN(C(=O)[C@@H]2C[C@@H]2c2ccccc2)CC1. The summed E-state index contributed by atoms with van der Waals surface area (Å²) in [6, 6.07) is 10.5. The van der Waals surface area contributed by atoms with Crippen molar-refractivity contribution < 1.29 is 4.79 Å². The molecule has 0 aromatic heterocycles. The molecule has 0 N–H and O–H groups in total. The summed E-state index contributed by atoms with van der Waals surface area (Å²) in [6.07, 6.45) is 3.40. The van der Waals surface area contributed by atoms with Gasteiger partial charge in [0.25, 0.3) is 0 Å². The molecule has 2 aliphatic rings. The summed E-state index contributed by atoms with van der Waals surface area (Å²) < 4.78 is 0. The highest BCUT2D eigenvalue weighted by molar-refractivity contribution is 5.83. The summed E-state index contributed by atoms with van der Waals surface area (Å²) in [5.41, 5.74) is 1.33. The standard InChI is InChI=1S/C16H21NO/c1-12-7-9-17(10-8-12)16(18)15-11-14(15)13-5-3-2-4-6-13/h2-6,12,14-15H,7-11H2,1H3/t14-,15-/m1/s1. The third-order valence-corrected chi connectivity index (χ3v) is 4.43. The lowest BCUT2D eigenvalue weighted by atomic mass is 9.98. The Kier molecular flexibility index (Phi) is 3.11. The molecule has 0 unspecified atom stereocenters. The molecular weight excluding hydrogens is 222 g/mol. The van der Waals surface area contributed by atoms with Crippen molar-refractivity contribution in [2.75, 3.05) is 13.1 Å². The first-order valence-corrected chi connectivity index (χ1v) is 7.09. The van der Waals surface area contributed by atoms with Gasteiger partial charge in [-0.3, -0.25) is 4.79 Å². The monoisotopic (exact) mass is 243 g/mol. The van der Waals surface area contributed by atoms with Gasteiger partial charge in [-0.05, 0) is 36.7 Å². The van der Waals surface area contributed by atoms with Crippen LogP contribution in [0.2, 0.25) is 0 Å². The van der Waals surface area contributed by atoms with Crippen LogP contribution in [0.5, 0.6) is 0 Å². The Morgan fingerprint density at radius 2 is 1.83 bits per heavy atom. The maximum atomic E-state index is 12.4. The van der Waals surface area contributed by atoms with Crippen molar-refractivity contribution in [2.24, 2.45) is 11.8 Å². The van der Waals surface area contributed by atoms with Crippen LogP contribution in [-0.4, -0.2) is 23.9 Å². The molecule has 1 aliphatic carbocycles. The molecule has 2 atom stereocenters. The normalized spacial score (nSPS) is 28.2. The van der Waals surface area contributed by atoms with Gasteiger partial charge in [0.2, 0.25) is 5.91 Å². The molecule has 18 heavy (non-hydrogen) atoms. The van der Waals surface area contributed by atoms with Gasteiger partial charge in [-0.25, -0.2) is 0 Å². The number of carbonyl (C=O) groups is 1. The predicted molar refractivity (Wildman–Crippen MR) is 72.3 cm³/mol. The minimum absolute atomic E-state index is 0.265. The van der Waals surface area contributed by atoms with E-state index < -0.39 is 0 Å². The third-order valence-electron chi connectivity index (χ3n) is 4.43. The van der Waals surface area contributed by atoms with E-state index in [0.717, 1.165) is 25.4 Å². The highest BCUT2D eigenvalue weighted by Gasteiger charge is 2.45. The van der Waals surface area contributed by atoms with Crippen molar-refractivity contribution in [1.29, 1.82) is 0 Å². The van der Waals surface area contributed by atoms with Gasteiger partial charge in [0, 0.05) is 19.0 Å². The molecule has 96 valence electrons. The van der Waals surface area contributed by atoms with Gasteiger partial charge >= 0.3 is 0 Å². The Labute approximate surface area is 109 Å². The maximum Gasteiger partial charge on any atom is 0.226 e. The maximum absolute atomic E-state index is 12.4. The van der Waals surface area contributed by atoms with Crippen LogP contribution in [0.15, 0.2) is 30.3 Å². The van der Waals surface area contributed by atoms with Crippen LogP contribution in [0, 0.1) is 11.8 Å². The number of likely N-dealkylation sites (tertiary alicyclic amines) is 1. The molecule has 0 radical (unpaired) electrons. The molecular formula is C16H21NO. The second kappa shape index (κ2) is 4.75. The Balaban J connectivity index is 1.59. The van der Waals surface area contributed by atoms with E-state index in [2.05, 4.69) is 36.1 Å². The molecule has 2 nitrogen and oxygen atoms in total. The number of hydrogen-bond acceptors (Lipinski definition) is 1. The summed E-state index contributed by atoms with van der Waals surface area (Å²) in [6.45, 7) is 4.22. The molecule has 1 saturated heterocycles. The van der Waals surface area contributed by atoms with Gasteiger partial charge in [-0.15, -0.1) is 0 Å². The lowest BCUT2D eigenvalue weighted by molar-refractivity contribution is -0.134. The van der Waals surface area contributed by atoms with Gasteiger partial charge in [-0.1, -0.05) is 37.3 Å². The van der Waals surface area contributed by atoms with Crippen LogP contribution in [0.3, 0.4) is 0 Å². The second-order valence-corrected chi connectivity index (χ2v) is 5.87. The third kappa shape index (κ3) is 2.29. The Morgan fingerprint density at radius 1 is 1.17 bits per heavy atom. The quantitative estimate of drug-likeness (QED) is 0.782. The van der Waals surface area contributed by atoms with Crippen molar-refractivity contribution in [3.8, 4) is 0 Å². The highest BCUT2D eigenvalue weighted by Crippen LogP contribution is 2.48. The number of hydrogen-bond donors (Lipinski definition) is 0. The molecule has 1 saturated carbocycles. The molecule has 3 rings (SSSR count). The highest BCUT2D eigenvalue weighted by atomic mass is 16.2. The number of carbonyl (C=O) groups excluding carboxylic acids is 1. The van der Waals surface area contributed by atoms with E-state index in [9.17, 15) is 4.79 Å². The van der Waals surface area contributed by atoms with Crippen molar-refractivity contribution in [3.05, 3.63) is 35.9 Å². The van der Waals surface area contributed by atoms with E-state index in [0.29, 0.717) is 11.8 Å². The first-order chi connectivity index (χ1) is 8.75. The Bertz CT molecular complexity index is 420. The number of amides is 1. The lowest BCUT2D eigenvalue weighted by Gasteiger charge is -2.30. The van der Waals surface area contributed by atoms with E-state index in [1.807, 2.05) is 6.07 Å². The van der Waals surface area contributed by atoms with Gasteiger partial charge in [0.05, 0.1) is 0 Å². The topological polar surface area (TPSA) is 20.3 Å². The van der Waals surface area contributed by atoms with Crippen LogP contribution in [-0.2, 0) is 4.79 Å². The molecule has 2 fully saturated rings. The van der Waals surface area contributed by atoms with Crippen molar-refractivity contribution >= 4 is 5.91 Å². The molecule has 1 aliphatic heterocycles. The summed E-state index contributed by atoms with van der Waals surface area (Å²) >= 11 is 0. The molecule has 2 heteroatoms. The fraction of sp³-hybridized carbons (Fsp3) is 0.562. The lowest BCUT2D eigenvalue weighted by Crippen LogP contribution is -2.39. The molecule has 1 aromatic rings. The summed E-state index contributed by atoms with van der Waals surface area (Å²) in [5, 5.41) is 0. The van der Waals surface area contributed by atoms with Crippen LogP contribution in [0.4, 0.5) is 0 Å². The minimum atomic E-state index is 0.265. The van der Waals surface area contributed by atoms with E-state index in [-0.39, 0.29) is 5.92 Å². The Hall–Kier alpha value is -1.31. The fourth-order valence-corrected chi connectivity index (χ4v) is 3.00. The Morgan fingerprint density at radius 3 is 2.50 bits per heavy atom. The van der Waals surface area contributed by atoms with E-state index in [1.165, 1.54) is 18.4 Å². The average Bonchev–Trinajstić information content (AvgIpc) is 3.20. The van der Waals surface area contributed by atoms with Gasteiger partial charge in [-0.2, -0.15) is 0 Å². The molecule has 0 spiro atoms. The average molecular weight is 243 g/mol. The van der Waals surface area contributed by atoms with Gasteiger partial charge in [0.15, 0.2) is 0 Å². The largest absolute Gasteiger partial charge is 0.342 e. The summed E-state index contributed by atoms with van der Waals surface area (Å²) in [4.78, 5) is 14.5. The van der Waals surface area contributed by atoms with E-state index in [1.54, 1.807) is 0 Å². The van der Waals surface area contributed by atoms with Gasteiger partial charge in [0.1, 0.15) is 0 Å². The van der Waals surface area contributed by atoms with E-state index in [4.69, 9.17) is 0 Å². The minimum Gasteiger partial charge on any atom is -0.342 e. The molecule has 1 heterocycles. The molecule has 1 amide bonds. The first kappa shape index (κ1) is 11.8.